The molecule has 96 valence electrons. The van der Waals surface area contributed by atoms with E-state index in [0.717, 1.165) is 24.1 Å². The van der Waals surface area contributed by atoms with E-state index in [1.807, 2.05) is 6.07 Å². The maximum atomic E-state index is 9.06. The van der Waals surface area contributed by atoms with E-state index >= 15 is 0 Å². The number of nitriles is 1. The molecule has 1 saturated carbocycles. The molecule has 0 bridgehead atoms. The normalized spacial score (nSPS) is 23.4. The van der Waals surface area contributed by atoms with Gasteiger partial charge < -0.3 is 5.32 Å². The lowest BCUT2D eigenvalue weighted by Gasteiger charge is -2.27. The smallest absolute Gasteiger partial charge is 0.101 e. The average molecular weight is 263 g/mol. The minimum Gasteiger partial charge on any atom is -0.384 e. The molecule has 1 fully saturated rings. The van der Waals surface area contributed by atoms with Crippen LogP contribution in [0.5, 0.6) is 0 Å². The van der Waals surface area contributed by atoms with Crippen LogP contribution in [-0.4, -0.2) is 6.54 Å². The maximum Gasteiger partial charge on any atom is 0.101 e. The van der Waals surface area contributed by atoms with Gasteiger partial charge in [-0.25, -0.2) is 0 Å². The third-order valence-electron chi connectivity index (χ3n) is 3.73. The summed E-state index contributed by atoms with van der Waals surface area (Å²) in [6, 6.07) is 7.57. The van der Waals surface area contributed by atoms with Gasteiger partial charge in [0, 0.05) is 11.6 Å². The molecular formula is C15H19ClN2. The highest BCUT2D eigenvalue weighted by atomic mass is 35.5. The fourth-order valence-electron chi connectivity index (χ4n) is 2.76. The van der Waals surface area contributed by atoms with Gasteiger partial charge in [-0.2, -0.15) is 5.26 Å². The molecule has 0 radical (unpaired) electrons. The van der Waals surface area contributed by atoms with Crippen LogP contribution < -0.4 is 5.32 Å². The molecule has 0 aromatic heterocycles. The van der Waals surface area contributed by atoms with Crippen molar-refractivity contribution in [1.29, 1.82) is 5.26 Å². The molecule has 1 N–H and O–H groups in total. The molecular weight excluding hydrogens is 244 g/mol. The Bertz CT molecular complexity index is 450. The molecule has 2 rings (SSSR count). The van der Waals surface area contributed by atoms with Gasteiger partial charge in [0.05, 0.1) is 11.3 Å². The van der Waals surface area contributed by atoms with Crippen molar-refractivity contribution >= 4 is 17.3 Å². The first-order valence-electron chi connectivity index (χ1n) is 6.62. The molecule has 1 aromatic carbocycles. The second-order valence-electron chi connectivity index (χ2n) is 5.32. The molecule has 0 saturated heterocycles. The van der Waals surface area contributed by atoms with Gasteiger partial charge >= 0.3 is 0 Å². The van der Waals surface area contributed by atoms with Gasteiger partial charge in [-0.1, -0.05) is 31.4 Å². The van der Waals surface area contributed by atoms with Crippen LogP contribution in [0.2, 0.25) is 5.02 Å². The van der Waals surface area contributed by atoms with E-state index < -0.39 is 0 Å². The fourth-order valence-corrected chi connectivity index (χ4v) is 2.93. The third-order valence-corrected chi connectivity index (χ3v) is 3.96. The molecule has 3 heteroatoms. The summed E-state index contributed by atoms with van der Waals surface area (Å²) in [6.45, 7) is 3.27. The summed E-state index contributed by atoms with van der Waals surface area (Å²) in [5.41, 5.74) is 1.53. The van der Waals surface area contributed by atoms with Crippen LogP contribution >= 0.6 is 11.6 Å². The molecule has 0 amide bonds. The van der Waals surface area contributed by atoms with Crippen molar-refractivity contribution in [2.75, 3.05) is 11.9 Å². The minimum absolute atomic E-state index is 0.670. The first-order chi connectivity index (χ1) is 8.69. The Kier molecular flexibility index (Phi) is 4.49. The van der Waals surface area contributed by atoms with Gasteiger partial charge in [0.1, 0.15) is 6.07 Å². The highest BCUT2D eigenvalue weighted by Crippen LogP contribution is 2.29. The van der Waals surface area contributed by atoms with Crippen LogP contribution in [0.1, 0.15) is 38.2 Å². The quantitative estimate of drug-likeness (QED) is 0.874. The molecule has 0 spiro atoms. The number of halogens is 1. The topological polar surface area (TPSA) is 35.8 Å². The van der Waals surface area contributed by atoms with E-state index in [2.05, 4.69) is 18.3 Å². The summed E-state index contributed by atoms with van der Waals surface area (Å²) >= 11 is 5.97. The van der Waals surface area contributed by atoms with Crippen LogP contribution in [-0.2, 0) is 0 Å². The number of hydrogen-bond donors (Lipinski definition) is 1. The van der Waals surface area contributed by atoms with Gasteiger partial charge in [-0.05, 0) is 42.9 Å². The Morgan fingerprint density at radius 3 is 3.00 bits per heavy atom. The van der Waals surface area contributed by atoms with Crippen molar-refractivity contribution < 1.29 is 0 Å². The van der Waals surface area contributed by atoms with Gasteiger partial charge in [-0.3, -0.25) is 0 Å². The predicted molar refractivity (Wildman–Crippen MR) is 75.8 cm³/mol. The Morgan fingerprint density at radius 1 is 1.44 bits per heavy atom. The van der Waals surface area contributed by atoms with Crippen molar-refractivity contribution in [2.45, 2.75) is 32.6 Å². The summed E-state index contributed by atoms with van der Waals surface area (Å²) in [6.07, 6.45) is 5.26. The van der Waals surface area contributed by atoms with E-state index in [9.17, 15) is 0 Å². The lowest BCUT2D eigenvalue weighted by molar-refractivity contribution is 0.293. The van der Waals surface area contributed by atoms with Gasteiger partial charge in [-0.15, -0.1) is 0 Å². The van der Waals surface area contributed by atoms with E-state index in [1.165, 1.54) is 25.7 Å². The van der Waals surface area contributed by atoms with Crippen molar-refractivity contribution in [3.63, 3.8) is 0 Å². The Morgan fingerprint density at radius 2 is 2.28 bits per heavy atom. The summed E-state index contributed by atoms with van der Waals surface area (Å²) < 4.78 is 0. The standard InChI is InChI=1S/C15H19ClN2/c1-11-3-2-4-12(7-11)10-18-15-8-14(16)6-5-13(15)9-17/h5-6,8,11-12,18H,2-4,7,10H2,1H3. The first kappa shape index (κ1) is 13.2. The Balaban J connectivity index is 1.97. The zero-order valence-electron chi connectivity index (χ0n) is 10.7. The number of nitrogens with zero attached hydrogens (tertiary/aromatic N) is 1. The number of benzene rings is 1. The zero-order chi connectivity index (χ0) is 13.0. The van der Waals surface area contributed by atoms with E-state index in [4.69, 9.17) is 16.9 Å². The first-order valence-corrected chi connectivity index (χ1v) is 7.00. The molecule has 18 heavy (non-hydrogen) atoms. The number of anilines is 1. The lowest BCUT2D eigenvalue weighted by Crippen LogP contribution is -2.21. The van der Waals surface area contributed by atoms with E-state index in [1.54, 1.807) is 12.1 Å². The third kappa shape index (κ3) is 3.40. The van der Waals surface area contributed by atoms with Crippen LogP contribution in [0, 0.1) is 23.2 Å². The van der Waals surface area contributed by atoms with E-state index in [0.29, 0.717) is 10.6 Å². The summed E-state index contributed by atoms with van der Waals surface area (Å²) in [4.78, 5) is 0. The average Bonchev–Trinajstić information content (AvgIpc) is 2.37. The largest absolute Gasteiger partial charge is 0.384 e. The van der Waals surface area contributed by atoms with Crippen molar-refractivity contribution in [3.05, 3.63) is 28.8 Å². The predicted octanol–water partition coefficient (Wildman–Crippen LogP) is 4.45. The highest BCUT2D eigenvalue weighted by molar-refractivity contribution is 6.30. The molecule has 2 nitrogen and oxygen atoms in total. The summed E-state index contributed by atoms with van der Waals surface area (Å²) in [7, 11) is 0. The van der Waals surface area contributed by atoms with Crippen LogP contribution in [0.4, 0.5) is 5.69 Å². The highest BCUT2D eigenvalue weighted by Gasteiger charge is 2.18. The van der Waals surface area contributed by atoms with Crippen molar-refractivity contribution in [2.24, 2.45) is 11.8 Å². The minimum atomic E-state index is 0.670. The second-order valence-corrected chi connectivity index (χ2v) is 5.76. The summed E-state index contributed by atoms with van der Waals surface area (Å²) in [5, 5.41) is 13.1. The molecule has 0 heterocycles. The SMILES string of the molecule is CC1CCCC(CNc2cc(Cl)ccc2C#N)C1. The molecule has 0 aliphatic heterocycles. The summed E-state index contributed by atoms with van der Waals surface area (Å²) in [5.74, 6) is 1.56. The molecule has 2 unspecified atom stereocenters. The monoisotopic (exact) mass is 262 g/mol. The molecule has 2 atom stereocenters. The van der Waals surface area contributed by atoms with E-state index in [-0.39, 0.29) is 0 Å². The maximum absolute atomic E-state index is 9.06. The van der Waals surface area contributed by atoms with Crippen molar-refractivity contribution in [3.8, 4) is 6.07 Å². The lowest BCUT2D eigenvalue weighted by atomic mass is 9.82. The van der Waals surface area contributed by atoms with Gasteiger partial charge in [0.2, 0.25) is 0 Å². The molecule has 1 aliphatic rings. The van der Waals surface area contributed by atoms with Crippen LogP contribution in [0.3, 0.4) is 0 Å². The molecule has 1 aliphatic carbocycles. The number of nitrogens with one attached hydrogen (secondary N) is 1. The number of rotatable bonds is 3. The zero-order valence-corrected chi connectivity index (χ0v) is 11.5. The van der Waals surface area contributed by atoms with Crippen LogP contribution in [0.15, 0.2) is 18.2 Å². The Labute approximate surface area is 114 Å². The van der Waals surface area contributed by atoms with Gasteiger partial charge in [0.25, 0.3) is 0 Å². The van der Waals surface area contributed by atoms with Crippen molar-refractivity contribution in [1.82, 2.24) is 0 Å². The second kappa shape index (κ2) is 6.11. The van der Waals surface area contributed by atoms with Gasteiger partial charge in [0.15, 0.2) is 0 Å². The van der Waals surface area contributed by atoms with Crippen LogP contribution in [0.25, 0.3) is 0 Å². The Hall–Kier alpha value is -1.20. The fraction of sp³-hybridized carbons (Fsp3) is 0.533. The molecule has 1 aromatic rings. The number of hydrogen-bond acceptors (Lipinski definition) is 2.